The predicted octanol–water partition coefficient (Wildman–Crippen LogP) is 2.94. The second-order valence-electron chi connectivity index (χ2n) is 4.70. The third-order valence-electron chi connectivity index (χ3n) is 2.92. The van der Waals surface area contributed by atoms with Gasteiger partial charge in [0.25, 0.3) is 0 Å². The van der Waals surface area contributed by atoms with Crippen LogP contribution in [0.3, 0.4) is 0 Å². The van der Waals surface area contributed by atoms with E-state index in [2.05, 4.69) is 35.9 Å². The SMILES string of the molecule is CCCC(=O)Cc1nonc1C(=Nc1ccc(F)c(Br)c1)NO. The van der Waals surface area contributed by atoms with Crippen molar-refractivity contribution in [3.05, 3.63) is 39.9 Å². The summed E-state index contributed by atoms with van der Waals surface area (Å²) in [6, 6.07) is 4.08. The maximum atomic E-state index is 13.2. The minimum atomic E-state index is -0.434. The zero-order valence-electron chi connectivity index (χ0n) is 12.2. The minimum absolute atomic E-state index is 0.0220. The molecule has 0 aliphatic rings. The van der Waals surface area contributed by atoms with E-state index in [9.17, 15) is 14.4 Å². The Morgan fingerprint density at radius 2 is 2.26 bits per heavy atom. The Kier molecular flexibility index (Phi) is 5.94. The van der Waals surface area contributed by atoms with E-state index in [1.54, 1.807) is 0 Å². The van der Waals surface area contributed by atoms with E-state index in [-0.39, 0.29) is 33.9 Å². The summed E-state index contributed by atoms with van der Waals surface area (Å²) in [7, 11) is 0. The molecule has 122 valence electrons. The number of Topliss-reactive ketones (excluding diaryl/α,β-unsaturated/α-hetero) is 1. The zero-order valence-corrected chi connectivity index (χ0v) is 13.8. The summed E-state index contributed by atoms with van der Waals surface area (Å²) in [5, 5.41) is 16.6. The molecule has 7 nitrogen and oxygen atoms in total. The number of hydroxylamine groups is 1. The first-order valence-corrected chi connectivity index (χ1v) is 7.61. The Bertz CT molecular complexity index is 733. The lowest BCUT2D eigenvalue weighted by atomic mass is 10.1. The first kappa shape index (κ1) is 17.2. The number of ketones is 1. The van der Waals surface area contributed by atoms with Gasteiger partial charge >= 0.3 is 0 Å². The van der Waals surface area contributed by atoms with Crippen LogP contribution in [0.4, 0.5) is 10.1 Å². The maximum Gasteiger partial charge on any atom is 0.182 e. The van der Waals surface area contributed by atoms with E-state index >= 15 is 0 Å². The highest BCUT2D eigenvalue weighted by Crippen LogP contribution is 2.22. The number of rotatable bonds is 6. The molecule has 0 saturated heterocycles. The van der Waals surface area contributed by atoms with Crippen LogP contribution in [0.2, 0.25) is 0 Å². The number of carbonyl (C=O) groups excluding carboxylic acids is 1. The fourth-order valence-electron chi connectivity index (χ4n) is 1.87. The number of benzene rings is 1. The number of nitrogens with zero attached hydrogens (tertiary/aromatic N) is 3. The Morgan fingerprint density at radius 3 is 2.91 bits per heavy atom. The van der Waals surface area contributed by atoms with Crippen molar-refractivity contribution >= 4 is 33.2 Å². The van der Waals surface area contributed by atoms with Gasteiger partial charge in [0, 0.05) is 6.42 Å². The summed E-state index contributed by atoms with van der Waals surface area (Å²) in [5.41, 5.74) is 2.66. The summed E-state index contributed by atoms with van der Waals surface area (Å²) in [6.07, 6.45) is 1.17. The average molecular weight is 385 g/mol. The second kappa shape index (κ2) is 7.93. The largest absolute Gasteiger partial charge is 0.299 e. The lowest BCUT2D eigenvalue weighted by molar-refractivity contribution is -0.118. The van der Waals surface area contributed by atoms with Gasteiger partial charge in [-0.15, -0.1) is 0 Å². The standard InChI is InChI=1S/C14H14BrFN4O3/c1-2-3-9(21)7-12-13(20-23-19-12)14(18-22)17-8-4-5-11(16)10(15)6-8/h4-6,22H,2-3,7H2,1H3,(H,17,18). The molecule has 1 aromatic heterocycles. The number of nitrogens with one attached hydrogen (secondary N) is 1. The number of carbonyl (C=O) groups is 1. The molecule has 1 heterocycles. The van der Waals surface area contributed by atoms with Crippen LogP contribution in [-0.2, 0) is 11.2 Å². The Morgan fingerprint density at radius 1 is 1.48 bits per heavy atom. The molecular weight excluding hydrogens is 371 g/mol. The van der Waals surface area contributed by atoms with Gasteiger partial charge in [0.05, 0.1) is 16.6 Å². The van der Waals surface area contributed by atoms with Crippen LogP contribution in [0.15, 0.2) is 32.3 Å². The highest BCUT2D eigenvalue weighted by Gasteiger charge is 2.19. The molecule has 0 unspecified atom stereocenters. The molecule has 2 aromatic rings. The van der Waals surface area contributed by atoms with Gasteiger partial charge in [-0.05, 0) is 45.7 Å². The lowest BCUT2D eigenvalue weighted by Gasteiger charge is -2.03. The molecule has 23 heavy (non-hydrogen) atoms. The normalized spacial score (nSPS) is 11.6. The first-order valence-electron chi connectivity index (χ1n) is 6.82. The minimum Gasteiger partial charge on any atom is -0.299 e. The number of hydrogen-bond donors (Lipinski definition) is 2. The van der Waals surface area contributed by atoms with Crippen LogP contribution in [0.5, 0.6) is 0 Å². The molecule has 1 aromatic carbocycles. The Labute approximate surface area is 139 Å². The number of aromatic nitrogens is 2. The van der Waals surface area contributed by atoms with Crippen LogP contribution >= 0.6 is 15.9 Å². The van der Waals surface area contributed by atoms with Crippen molar-refractivity contribution in [3.8, 4) is 0 Å². The van der Waals surface area contributed by atoms with E-state index in [0.29, 0.717) is 12.1 Å². The molecule has 2 rings (SSSR count). The van der Waals surface area contributed by atoms with Crippen molar-refractivity contribution in [2.24, 2.45) is 4.99 Å². The van der Waals surface area contributed by atoms with Gasteiger partial charge in [0.1, 0.15) is 17.3 Å². The second-order valence-corrected chi connectivity index (χ2v) is 5.55. The van der Waals surface area contributed by atoms with Crippen molar-refractivity contribution in [3.63, 3.8) is 0 Å². The van der Waals surface area contributed by atoms with E-state index in [1.165, 1.54) is 18.2 Å². The van der Waals surface area contributed by atoms with Crippen LogP contribution in [0.25, 0.3) is 0 Å². The number of amidine groups is 1. The molecule has 0 bridgehead atoms. The first-order chi connectivity index (χ1) is 11.0. The van der Waals surface area contributed by atoms with E-state index in [1.807, 2.05) is 12.4 Å². The monoisotopic (exact) mass is 384 g/mol. The smallest absolute Gasteiger partial charge is 0.182 e. The van der Waals surface area contributed by atoms with Crippen molar-refractivity contribution in [1.29, 1.82) is 0 Å². The van der Waals surface area contributed by atoms with Gasteiger partial charge < -0.3 is 0 Å². The van der Waals surface area contributed by atoms with E-state index in [0.717, 1.165) is 6.42 Å². The summed E-state index contributed by atoms with van der Waals surface area (Å²) < 4.78 is 18.1. The summed E-state index contributed by atoms with van der Waals surface area (Å²) in [5.74, 6) is -0.508. The van der Waals surface area contributed by atoms with Crippen LogP contribution < -0.4 is 5.48 Å². The van der Waals surface area contributed by atoms with Crippen molar-refractivity contribution in [2.45, 2.75) is 26.2 Å². The zero-order chi connectivity index (χ0) is 16.8. The third kappa shape index (κ3) is 4.42. The number of halogens is 2. The quantitative estimate of drug-likeness (QED) is 0.451. The molecule has 9 heteroatoms. The van der Waals surface area contributed by atoms with Gasteiger partial charge in [-0.1, -0.05) is 12.1 Å². The molecule has 0 radical (unpaired) electrons. The fourth-order valence-corrected chi connectivity index (χ4v) is 2.24. The topological polar surface area (TPSA) is 101 Å². The van der Waals surface area contributed by atoms with Gasteiger partial charge in [0.2, 0.25) is 0 Å². The van der Waals surface area contributed by atoms with Gasteiger partial charge in [-0.3, -0.25) is 15.5 Å². The van der Waals surface area contributed by atoms with Crippen LogP contribution in [0, 0.1) is 5.82 Å². The molecule has 0 spiro atoms. The van der Waals surface area contributed by atoms with Crippen molar-refractivity contribution in [1.82, 2.24) is 15.8 Å². The summed E-state index contributed by atoms with van der Waals surface area (Å²) in [4.78, 5) is 15.9. The maximum absolute atomic E-state index is 13.2. The molecule has 0 aliphatic heterocycles. The predicted molar refractivity (Wildman–Crippen MR) is 83.1 cm³/mol. The van der Waals surface area contributed by atoms with Crippen LogP contribution in [-0.4, -0.2) is 27.1 Å². The average Bonchev–Trinajstić information content (AvgIpc) is 2.96. The Balaban J connectivity index is 2.30. The van der Waals surface area contributed by atoms with E-state index < -0.39 is 5.82 Å². The molecule has 0 fully saturated rings. The third-order valence-corrected chi connectivity index (χ3v) is 3.53. The molecule has 0 atom stereocenters. The van der Waals surface area contributed by atoms with Gasteiger partial charge in [0.15, 0.2) is 11.5 Å². The van der Waals surface area contributed by atoms with Crippen molar-refractivity contribution < 1.29 is 19.0 Å². The van der Waals surface area contributed by atoms with Crippen LogP contribution in [0.1, 0.15) is 31.2 Å². The molecule has 0 amide bonds. The van der Waals surface area contributed by atoms with Gasteiger partial charge in [-0.25, -0.2) is 14.0 Å². The Hall–Kier alpha value is -2.13. The highest BCUT2D eigenvalue weighted by atomic mass is 79.9. The number of aliphatic imine (C=N–C) groups is 1. The lowest BCUT2D eigenvalue weighted by Crippen LogP contribution is -2.22. The summed E-state index contributed by atoms with van der Waals surface area (Å²) in [6.45, 7) is 1.90. The van der Waals surface area contributed by atoms with E-state index in [4.69, 9.17) is 0 Å². The summed E-state index contributed by atoms with van der Waals surface area (Å²) >= 11 is 3.05. The molecular formula is C14H14BrFN4O3. The molecule has 0 aliphatic carbocycles. The van der Waals surface area contributed by atoms with Crippen molar-refractivity contribution in [2.75, 3.05) is 0 Å². The molecule has 2 N–H and O–H groups in total. The van der Waals surface area contributed by atoms with Gasteiger partial charge in [-0.2, -0.15) is 0 Å². The molecule has 0 saturated carbocycles. The number of hydrogen-bond acceptors (Lipinski definition) is 6. The fraction of sp³-hybridized carbons (Fsp3) is 0.286. The highest BCUT2D eigenvalue weighted by molar-refractivity contribution is 9.10.